The molecule has 0 amide bonds. The lowest BCUT2D eigenvalue weighted by molar-refractivity contribution is -0.0279. The molecule has 23 heavy (non-hydrogen) atoms. The maximum Gasteiger partial charge on any atom is 0.123 e. The van der Waals surface area contributed by atoms with E-state index < -0.39 is 0 Å². The van der Waals surface area contributed by atoms with E-state index in [0.29, 0.717) is 5.92 Å². The second kappa shape index (κ2) is 7.01. The summed E-state index contributed by atoms with van der Waals surface area (Å²) in [6.45, 7) is 0.720. The van der Waals surface area contributed by atoms with Crippen molar-refractivity contribution in [3.63, 3.8) is 0 Å². The van der Waals surface area contributed by atoms with E-state index in [4.69, 9.17) is 10.5 Å². The van der Waals surface area contributed by atoms with Crippen LogP contribution in [0.2, 0.25) is 0 Å². The molecular weight excluding hydrogens is 291 g/mol. The normalized spacial score (nSPS) is 21.1. The molecule has 0 aliphatic carbocycles. The third kappa shape index (κ3) is 3.64. The fourth-order valence-corrected chi connectivity index (χ4v) is 3.42. The van der Waals surface area contributed by atoms with Crippen molar-refractivity contribution in [3.05, 3.63) is 59.4 Å². The molecule has 4 heteroatoms. The van der Waals surface area contributed by atoms with Crippen LogP contribution in [0.15, 0.2) is 42.5 Å². The monoisotopic (exact) mass is 314 g/mol. The van der Waals surface area contributed by atoms with Gasteiger partial charge in [-0.15, -0.1) is 0 Å². The van der Waals surface area contributed by atoms with Gasteiger partial charge >= 0.3 is 0 Å². The Morgan fingerprint density at radius 1 is 1.26 bits per heavy atom. The maximum absolute atomic E-state index is 13.7. The first-order valence-corrected chi connectivity index (χ1v) is 8.10. The molecule has 3 N–H and O–H groups in total. The number of rotatable bonds is 4. The average molecular weight is 314 g/mol. The van der Waals surface area contributed by atoms with E-state index in [9.17, 15) is 4.39 Å². The first-order chi connectivity index (χ1) is 11.2. The van der Waals surface area contributed by atoms with Gasteiger partial charge in [-0.25, -0.2) is 4.39 Å². The third-order valence-electron chi connectivity index (χ3n) is 4.48. The summed E-state index contributed by atoms with van der Waals surface area (Å²) in [5, 5.41) is 3.15. The molecule has 2 atom stereocenters. The Morgan fingerprint density at radius 3 is 2.91 bits per heavy atom. The molecule has 1 saturated heterocycles. The zero-order valence-corrected chi connectivity index (χ0v) is 13.4. The molecule has 3 nitrogen and oxygen atoms in total. The highest BCUT2D eigenvalue weighted by atomic mass is 19.1. The summed E-state index contributed by atoms with van der Waals surface area (Å²) in [6, 6.07) is 12.8. The molecule has 3 rings (SSSR count). The molecule has 0 radical (unpaired) electrons. The van der Waals surface area contributed by atoms with E-state index in [1.54, 1.807) is 12.1 Å². The van der Waals surface area contributed by atoms with Crippen LogP contribution in [-0.4, -0.2) is 13.7 Å². The van der Waals surface area contributed by atoms with Gasteiger partial charge in [0.25, 0.3) is 0 Å². The van der Waals surface area contributed by atoms with Crippen LogP contribution >= 0.6 is 0 Å². The summed E-state index contributed by atoms with van der Waals surface area (Å²) in [5.41, 5.74) is 9.69. The van der Waals surface area contributed by atoms with Gasteiger partial charge in [-0.1, -0.05) is 12.1 Å². The molecule has 0 aromatic heterocycles. The highest BCUT2D eigenvalue weighted by molar-refractivity contribution is 5.52. The molecule has 0 saturated carbocycles. The Balaban J connectivity index is 1.88. The van der Waals surface area contributed by atoms with Crippen LogP contribution in [0.3, 0.4) is 0 Å². The minimum absolute atomic E-state index is 0.0941. The summed E-state index contributed by atoms with van der Waals surface area (Å²) in [7, 11) is 1.85. The molecular formula is C19H23FN2O. The second-order valence-electron chi connectivity index (χ2n) is 6.12. The van der Waals surface area contributed by atoms with Gasteiger partial charge in [0, 0.05) is 30.6 Å². The standard InChI is InChI=1S/C19H23FN2O/c1-22-18-8-7-15(20)12-17(18)19-14(5-3-9-23-19)10-13-4-2-6-16(21)11-13/h2,4,6-8,11-12,14,19,22H,3,5,9-10,21H2,1H3. The van der Waals surface area contributed by atoms with Crippen molar-refractivity contribution in [2.24, 2.45) is 5.92 Å². The van der Waals surface area contributed by atoms with Gasteiger partial charge in [0.15, 0.2) is 0 Å². The Labute approximate surface area is 136 Å². The first-order valence-electron chi connectivity index (χ1n) is 8.10. The summed E-state index contributed by atoms with van der Waals surface area (Å²) in [5.74, 6) is 0.0929. The Bertz CT molecular complexity index is 674. The molecule has 1 fully saturated rings. The molecule has 0 bridgehead atoms. The molecule has 1 aliphatic heterocycles. The Hall–Kier alpha value is -2.07. The van der Waals surface area contributed by atoms with Gasteiger partial charge in [0.1, 0.15) is 5.82 Å². The van der Waals surface area contributed by atoms with Crippen molar-refractivity contribution >= 4 is 11.4 Å². The largest absolute Gasteiger partial charge is 0.399 e. The van der Waals surface area contributed by atoms with Crippen molar-refractivity contribution in [2.45, 2.75) is 25.4 Å². The van der Waals surface area contributed by atoms with Crippen LogP contribution in [0.5, 0.6) is 0 Å². The minimum atomic E-state index is -0.226. The number of nitrogens with two attached hydrogens (primary N) is 1. The third-order valence-corrected chi connectivity index (χ3v) is 4.48. The van der Waals surface area contributed by atoms with Crippen molar-refractivity contribution in [1.82, 2.24) is 0 Å². The lowest BCUT2D eigenvalue weighted by Gasteiger charge is -2.33. The molecule has 2 aromatic rings. The van der Waals surface area contributed by atoms with Gasteiger partial charge in [-0.2, -0.15) is 0 Å². The number of hydrogen-bond acceptors (Lipinski definition) is 3. The van der Waals surface area contributed by atoms with Gasteiger partial charge in [0.05, 0.1) is 6.10 Å². The summed E-state index contributed by atoms with van der Waals surface area (Å²) in [6.07, 6.45) is 2.89. The molecule has 2 unspecified atom stereocenters. The smallest absolute Gasteiger partial charge is 0.123 e. The van der Waals surface area contributed by atoms with E-state index in [0.717, 1.165) is 42.8 Å². The maximum atomic E-state index is 13.7. The molecule has 122 valence electrons. The number of nitrogen functional groups attached to an aromatic ring is 1. The SMILES string of the molecule is CNc1ccc(F)cc1C1OCCCC1Cc1cccc(N)c1. The second-order valence-corrected chi connectivity index (χ2v) is 6.12. The summed E-state index contributed by atoms with van der Waals surface area (Å²) in [4.78, 5) is 0. The van der Waals surface area contributed by atoms with Crippen molar-refractivity contribution < 1.29 is 9.13 Å². The van der Waals surface area contributed by atoms with Crippen LogP contribution in [0.25, 0.3) is 0 Å². The zero-order chi connectivity index (χ0) is 16.2. The summed E-state index contributed by atoms with van der Waals surface area (Å²) >= 11 is 0. The van der Waals surface area contributed by atoms with Gasteiger partial charge in [-0.05, 0) is 61.1 Å². The number of hydrogen-bond donors (Lipinski definition) is 2. The molecule has 0 spiro atoms. The number of anilines is 2. The fraction of sp³-hybridized carbons (Fsp3) is 0.368. The van der Waals surface area contributed by atoms with Crippen LogP contribution < -0.4 is 11.1 Å². The predicted octanol–water partition coefficient (Wildman–Crippen LogP) is 4.16. The van der Waals surface area contributed by atoms with Crippen molar-refractivity contribution in [1.29, 1.82) is 0 Å². The van der Waals surface area contributed by atoms with Gasteiger partial charge in [-0.3, -0.25) is 0 Å². The predicted molar refractivity (Wildman–Crippen MR) is 91.9 cm³/mol. The Kier molecular flexibility index (Phi) is 4.82. The van der Waals surface area contributed by atoms with E-state index in [-0.39, 0.29) is 11.9 Å². The van der Waals surface area contributed by atoms with Crippen molar-refractivity contribution in [3.8, 4) is 0 Å². The highest BCUT2D eigenvalue weighted by Gasteiger charge is 2.29. The molecule has 2 aromatic carbocycles. The van der Waals surface area contributed by atoms with E-state index in [1.165, 1.54) is 11.6 Å². The highest BCUT2D eigenvalue weighted by Crippen LogP contribution is 2.39. The number of nitrogens with one attached hydrogen (secondary N) is 1. The Morgan fingerprint density at radius 2 is 2.13 bits per heavy atom. The summed E-state index contributed by atoms with van der Waals surface area (Å²) < 4.78 is 19.8. The number of benzene rings is 2. The van der Waals surface area contributed by atoms with E-state index in [2.05, 4.69) is 11.4 Å². The van der Waals surface area contributed by atoms with E-state index in [1.807, 2.05) is 25.2 Å². The minimum Gasteiger partial charge on any atom is -0.399 e. The zero-order valence-electron chi connectivity index (χ0n) is 13.4. The van der Waals surface area contributed by atoms with Gasteiger partial charge in [0.2, 0.25) is 0 Å². The van der Waals surface area contributed by atoms with Crippen molar-refractivity contribution in [2.75, 3.05) is 24.7 Å². The van der Waals surface area contributed by atoms with Crippen LogP contribution in [0.1, 0.15) is 30.1 Å². The molecule has 1 aliphatic rings. The van der Waals surface area contributed by atoms with Crippen LogP contribution in [0, 0.1) is 11.7 Å². The number of ether oxygens (including phenoxy) is 1. The van der Waals surface area contributed by atoms with Crippen LogP contribution in [-0.2, 0) is 11.2 Å². The lowest BCUT2D eigenvalue weighted by atomic mass is 9.84. The van der Waals surface area contributed by atoms with Gasteiger partial charge < -0.3 is 15.8 Å². The lowest BCUT2D eigenvalue weighted by Crippen LogP contribution is -2.25. The van der Waals surface area contributed by atoms with E-state index >= 15 is 0 Å². The average Bonchev–Trinajstić information content (AvgIpc) is 2.55. The topological polar surface area (TPSA) is 47.3 Å². The first kappa shape index (κ1) is 15.8. The molecule has 1 heterocycles. The fourth-order valence-electron chi connectivity index (χ4n) is 3.42. The van der Waals surface area contributed by atoms with Crippen LogP contribution in [0.4, 0.5) is 15.8 Å². The number of halogens is 1. The quantitative estimate of drug-likeness (QED) is 0.833.